The zero-order valence-corrected chi connectivity index (χ0v) is 24.3. The molecule has 0 atom stereocenters. The minimum Gasteiger partial charge on any atom is -0.450 e. The van der Waals surface area contributed by atoms with Gasteiger partial charge >= 0.3 is 6.09 Å². The Labute approximate surface area is 232 Å². The zero-order valence-electron chi connectivity index (χ0n) is 22.7. The maximum atomic E-state index is 13.2. The van der Waals surface area contributed by atoms with Crippen LogP contribution in [0, 0.1) is 13.8 Å². The van der Waals surface area contributed by atoms with Gasteiger partial charge in [0.15, 0.2) is 4.80 Å². The minimum absolute atomic E-state index is 0.0865. The number of rotatable bonds is 8. The first kappa shape index (κ1) is 28.9. The van der Waals surface area contributed by atoms with Gasteiger partial charge in [-0.2, -0.15) is 9.30 Å². The molecular formula is C27H34N4O6S2. The highest BCUT2D eigenvalue weighted by atomic mass is 32.2. The fraction of sp³-hybridized carbons (Fsp3) is 0.444. The first-order chi connectivity index (χ1) is 18.6. The van der Waals surface area contributed by atoms with Crippen molar-refractivity contribution in [1.29, 1.82) is 0 Å². The summed E-state index contributed by atoms with van der Waals surface area (Å²) in [5.74, 6) is -0.451. The third-order valence-corrected chi connectivity index (χ3v) is 9.62. The normalized spacial score (nSPS) is 15.2. The van der Waals surface area contributed by atoms with Crippen molar-refractivity contribution >= 4 is 43.6 Å². The van der Waals surface area contributed by atoms with E-state index in [1.54, 1.807) is 6.92 Å². The number of fused-ring (bicyclic) bond motifs is 1. The molecule has 2 amide bonds. The zero-order chi connectivity index (χ0) is 28.2. The summed E-state index contributed by atoms with van der Waals surface area (Å²) in [6.07, 6.45) is -0.440. The number of carbonyl (C=O) groups excluding carboxylic acids is 2. The Hall–Kier alpha value is -3.06. The van der Waals surface area contributed by atoms with Crippen molar-refractivity contribution in [2.24, 2.45) is 4.99 Å². The average molecular weight is 575 g/mol. The van der Waals surface area contributed by atoms with Gasteiger partial charge in [-0.1, -0.05) is 17.4 Å². The van der Waals surface area contributed by atoms with Crippen molar-refractivity contribution in [3.05, 3.63) is 57.9 Å². The lowest BCUT2D eigenvalue weighted by Crippen LogP contribution is -2.50. The molecule has 1 saturated heterocycles. The summed E-state index contributed by atoms with van der Waals surface area (Å²) >= 11 is 1.45. The Balaban J connectivity index is 1.55. The van der Waals surface area contributed by atoms with Crippen LogP contribution in [0.25, 0.3) is 10.2 Å². The van der Waals surface area contributed by atoms with Crippen LogP contribution in [0.3, 0.4) is 0 Å². The van der Waals surface area contributed by atoms with Gasteiger partial charge in [0, 0.05) is 44.9 Å². The molecule has 1 aliphatic rings. The lowest BCUT2D eigenvalue weighted by atomic mass is 10.1. The lowest BCUT2D eigenvalue weighted by molar-refractivity contribution is 0.0933. The minimum atomic E-state index is -3.77. The number of ether oxygens (including phenoxy) is 2. The highest BCUT2D eigenvalue weighted by molar-refractivity contribution is 7.89. The van der Waals surface area contributed by atoms with Crippen molar-refractivity contribution in [2.75, 3.05) is 46.0 Å². The topological polar surface area (TPSA) is 111 Å². The first-order valence-electron chi connectivity index (χ1n) is 12.9. The van der Waals surface area contributed by atoms with E-state index < -0.39 is 22.0 Å². The highest BCUT2D eigenvalue weighted by Crippen LogP contribution is 2.24. The number of aromatic nitrogens is 1. The van der Waals surface area contributed by atoms with Crippen molar-refractivity contribution < 1.29 is 27.5 Å². The van der Waals surface area contributed by atoms with E-state index in [1.807, 2.05) is 25.3 Å². The molecule has 0 radical (unpaired) electrons. The van der Waals surface area contributed by atoms with Crippen LogP contribution in [-0.2, 0) is 26.0 Å². The van der Waals surface area contributed by atoms with E-state index in [0.717, 1.165) is 21.3 Å². The molecule has 2 aromatic carbocycles. The Morgan fingerprint density at radius 2 is 1.69 bits per heavy atom. The second-order valence-electron chi connectivity index (χ2n) is 9.19. The second kappa shape index (κ2) is 12.4. The van der Waals surface area contributed by atoms with Crippen LogP contribution in [0.15, 0.2) is 46.3 Å². The third-order valence-electron chi connectivity index (χ3n) is 6.48. The molecule has 0 spiro atoms. The lowest BCUT2D eigenvalue weighted by Gasteiger charge is -2.33. The van der Waals surface area contributed by atoms with Gasteiger partial charge in [0.05, 0.1) is 28.3 Å². The quantitative estimate of drug-likeness (QED) is 0.381. The summed E-state index contributed by atoms with van der Waals surface area (Å²) in [6.45, 7) is 10.5. The number of nitrogens with zero attached hydrogens (tertiary/aromatic N) is 4. The number of thiazole rings is 1. The summed E-state index contributed by atoms with van der Waals surface area (Å²) in [5.41, 5.74) is 3.54. The number of hydrogen-bond acceptors (Lipinski definition) is 7. The van der Waals surface area contributed by atoms with E-state index in [4.69, 9.17) is 9.47 Å². The van der Waals surface area contributed by atoms with Crippen molar-refractivity contribution in [1.82, 2.24) is 13.8 Å². The maximum absolute atomic E-state index is 13.2. The Bertz CT molecular complexity index is 1520. The molecule has 1 aliphatic heterocycles. The maximum Gasteiger partial charge on any atom is 0.409 e. The number of aryl methyl sites for hydroxylation is 2. The largest absolute Gasteiger partial charge is 0.450 e. The second-order valence-corrected chi connectivity index (χ2v) is 12.1. The molecule has 12 heteroatoms. The number of amides is 2. The molecule has 0 bridgehead atoms. The van der Waals surface area contributed by atoms with E-state index in [2.05, 4.69) is 17.1 Å². The predicted molar refractivity (Wildman–Crippen MR) is 149 cm³/mol. The van der Waals surface area contributed by atoms with Gasteiger partial charge in [-0.3, -0.25) is 4.79 Å². The summed E-state index contributed by atoms with van der Waals surface area (Å²) in [6, 6.07) is 10.0. The molecule has 4 rings (SSSR count). The van der Waals surface area contributed by atoms with Crippen molar-refractivity contribution in [3.63, 3.8) is 0 Å². The molecule has 39 heavy (non-hydrogen) atoms. The van der Waals surface area contributed by atoms with Crippen LogP contribution < -0.4 is 4.80 Å². The molecule has 3 aromatic rings. The first-order valence-corrected chi connectivity index (χ1v) is 15.2. The molecule has 10 nitrogen and oxygen atoms in total. The SMILES string of the molecule is CCOCCn1c(=NC(=O)c2ccc(S(=O)(=O)N3CCN(C(=O)OCC)CC3)cc2)sc2c(C)cc(C)cc21. The van der Waals surface area contributed by atoms with Gasteiger partial charge in [0.2, 0.25) is 10.0 Å². The van der Waals surface area contributed by atoms with Crippen molar-refractivity contribution in [3.8, 4) is 0 Å². The fourth-order valence-electron chi connectivity index (χ4n) is 4.51. The average Bonchev–Trinajstić information content (AvgIpc) is 3.26. The smallest absolute Gasteiger partial charge is 0.409 e. The summed E-state index contributed by atoms with van der Waals surface area (Å²) in [5, 5.41) is 0. The van der Waals surface area contributed by atoms with Gasteiger partial charge in [-0.05, 0) is 69.2 Å². The third kappa shape index (κ3) is 6.40. The number of piperazine rings is 1. The monoisotopic (exact) mass is 574 g/mol. The molecule has 2 heterocycles. The Morgan fingerprint density at radius 3 is 2.33 bits per heavy atom. The van der Waals surface area contributed by atoms with E-state index >= 15 is 0 Å². The highest BCUT2D eigenvalue weighted by Gasteiger charge is 2.30. The van der Waals surface area contributed by atoms with E-state index in [0.29, 0.717) is 30.1 Å². The number of sulfonamides is 1. The van der Waals surface area contributed by atoms with Crippen LogP contribution in [0.4, 0.5) is 4.79 Å². The molecule has 0 unspecified atom stereocenters. The van der Waals surface area contributed by atoms with Gasteiger partial charge in [-0.25, -0.2) is 13.2 Å². The molecule has 1 fully saturated rings. The molecule has 0 saturated carbocycles. The van der Waals surface area contributed by atoms with Crippen LogP contribution in [0.5, 0.6) is 0 Å². The number of benzene rings is 2. The molecular weight excluding hydrogens is 540 g/mol. The van der Waals surface area contributed by atoms with Crippen molar-refractivity contribution in [2.45, 2.75) is 39.1 Å². The predicted octanol–water partition coefficient (Wildman–Crippen LogP) is 3.56. The van der Waals surface area contributed by atoms with Crippen LogP contribution in [0.1, 0.15) is 35.3 Å². The van der Waals surface area contributed by atoms with Gasteiger partial charge in [0.25, 0.3) is 5.91 Å². The van der Waals surface area contributed by atoms with Crippen LogP contribution >= 0.6 is 11.3 Å². The fourth-order valence-corrected chi connectivity index (χ4v) is 7.04. The molecule has 210 valence electrons. The van der Waals surface area contributed by atoms with Gasteiger partial charge in [0.1, 0.15) is 0 Å². The van der Waals surface area contributed by atoms with E-state index in [9.17, 15) is 18.0 Å². The summed E-state index contributed by atoms with van der Waals surface area (Å²) in [4.78, 5) is 31.6. The van der Waals surface area contributed by atoms with Gasteiger partial charge < -0.3 is 18.9 Å². The molecule has 0 aliphatic carbocycles. The molecule has 0 N–H and O–H groups in total. The molecule has 1 aromatic heterocycles. The van der Waals surface area contributed by atoms with Gasteiger partial charge in [-0.15, -0.1) is 0 Å². The summed E-state index contributed by atoms with van der Waals surface area (Å²) in [7, 11) is -3.77. The summed E-state index contributed by atoms with van der Waals surface area (Å²) < 4.78 is 41.3. The van der Waals surface area contributed by atoms with Crippen LogP contribution in [-0.4, -0.2) is 80.2 Å². The van der Waals surface area contributed by atoms with E-state index in [-0.39, 0.29) is 37.7 Å². The number of carbonyl (C=O) groups is 2. The number of hydrogen-bond donors (Lipinski definition) is 0. The standard InChI is InChI=1S/C27H34N4O6S2/c1-5-36-16-15-31-23-18-19(3)17-20(4)24(23)38-26(31)28-25(32)21-7-9-22(10-8-21)39(34,35)30-13-11-29(12-14-30)27(33)37-6-2/h7-10,17-18H,5-6,11-16H2,1-4H3. The van der Waals surface area contributed by atoms with Crippen LogP contribution in [0.2, 0.25) is 0 Å². The van der Waals surface area contributed by atoms with E-state index in [1.165, 1.54) is 44.8 Å². The Kier molecular flexibility index (Phi) is 9.21. The Morgan fingerprint density at radius 1 is 1.00 bits per heavy atom.